The molecule has 118 valence electrons. The lowest BCUT2D eigenvalue weighted by molar-refractivity contribution is 0.0787. The second-order valence-corrected chi connectivity index (χ2v) is 5.72. The molecule has 1 saturated heterocycles. The number of rotatable bonds is 2. The van der Waals surface area contributed by atoms with Crippen molar-refractivity contribution in [1.82, 2.24) is 4.90 Å². The molecule has 1 aliphatic rings. The van der Waals surface area contributed by atoms with Crippen molar-refractivity contribution in [2.75, 3.05) is 13.1 Å². The van der Waals surface area contributed by atoms with Gasteiger partial charge in [-0.15, -0.1) is 12.4 Å². The highest BCUT2D eigenvalue weighted by atomic mass is 35.5. The summed E-state index contributed by atoms with van der Waals surface area (Å²) in [7, 11) is 0. The standard InChI is InChI=1S/C17H20N2O2.ClH/c1-11-8-14(12(2)21-11)17(20)19-9-15(16(18)10-19)13-6-4-3-5-7-13;/h3-8,15-16H,9-10,18H2,1-2H3;1H/t15-,16+;/m0./s1. The normalized spacial score (nSPS) is 20.8. The lowest BCUT2D eigenvalue weighted by atomic mass is 9.95. The van der Waals surface area contributed by atoms with Crippen LogP contribution in [0.25, 0.3) is 0 Å². The van der Waals surface area contributed by atoms with Crippen LogP contribution in [0.3, 0.4) is 0 Å². The van der Waals surface area contributed by atoms with Gasteiger partial charge in [-0.05, 0) is 25.5 Å². The van der Waals surface area contributed by atoms with Gasteiger partial charge in [-0.1, -0.05) is 30.3 Å². The van der Waals surface area contributed by atoms with Crippen molar-refractivity contribution in [3.63, 3.8) is 0 Å². The molecule has 1 aliphatic heterocycles. The molecule has 1 aromatic carbocycles. The first kappa shape index (κ1) is 16.6. The van der Waals surface area contributed by atoms with E-state index in [1.54, 1.807) is 6.07 Å². The molecule has 0 aliphatic carbocycles. The molecule has 1 amide bonds. The number of amides is 1. The minimum atomic E-state index is -0.0235. The van der Waals surface area contributed by atoms with Gasteiger partial charge in [0.25, 0.3) is 5.91 Å². The lowest BCUT2D eigenvalue weighted by Crippen LogP contribution is -2.32. The van der Waals surface area contributed by atoms with Crippen molar-refractivity contribution in [3.05, 3.63) is 59.0 Å². The van der Waals surface area contributed by atoms with Gasteiger partial charge in [-0.2, -0.15) is 0 Å². The van der Waals surface area contributed by atoms with E-state index >= 15 is 0 Å². The molecule has 2 heterocycles. The third kappa shape index (κ3) is 3.03. The molecule has 0 radical (unpaired) electrons. The third-order valence-corrected chi connectivity index (χ3v) is 4.15. The van der Waals surface area contributed by atoms with E-state index in [4.69, 9.17) is 10.2 Å². The van der Waals surface area contributed by atoms with Crippen molar-refractivity contribution >= 4 is 18.3 Å². The second-order valence-electron chi connectivity index (χ2n) is 5.72. The molecule has 5 heteroatoms. The van der Waals surface area contributed by atoms with E-state index in [-0.39, 0.29) is 30.3 Å². The van der Waals surface area contributed by atoms with Crippen LogP contribution in [-0.4, -0.2) is 29.9 Å². The number of likely N-dealkylation sites (tertiary alicyclic amines) is 1. The summed E-state index contributed by atoms with van der Waals surface area (Å²) in [5, 5.41) is 0. The first-order chi connectivity index (χ1) is 10.1. The van der Waals surface area contributed by atoms with Crippen LogP contribution >= 0.6 is 12.4 Å². The quantitative estimate of drug-likeness (QED) is 0.925. The third-order valence-electron chi connectivity index (χ3n) is 4.15. The number of hydrogen-bond acceptors (Lipinski definition) is 3. The van der Waals surface area contributed by atoms with Crippen molar-refractivity contribution in [3.8, 4) is 0 Å². The fourth-order valence-corrected chi connectivity index (χ4v) is 3.06. The monoisotopic (exact) mass is 320 g/mol. The SMILES string of the molecule is Cc1cc(C(=O)N2C[C@@H](N)[C@H](c3ccccc3)C2)c(C)o1.Cl. The predicted molar refractivity (Wildman–Crippen MR) is 88.5 cm³/mol. The zero-order valence-electron chi connectivity index (χ0n) is 12.8. The Morgan fingerprint density at radius 2 is 1.91 bits per heavy atom. The molecule has 3 rings (SSSR count). The number of carbonyl (C=O) groups excluding carboxylic acids is 1. The summed E-state index contributed by atoms with van der Waals surface area (Å²) in [4.78, 5) is 14.4. The van der Waals surface area contributed by atoms with Gasteiger partial charge in [0, 0.05) is 25.0 Å². The van der Waals surface area contributed by atoms with Gasteiger partial charge in [-0.3, -0.25) is 4.79 Å². The fraction of sp³-hybridized carbons (Fsp3) is 0.353. The number of furan rings is 1. The minimum Gasteiger partial charge on any atom is -0.466 e. The van der Waals surface area contributed by atoms with Crippen LogP contribution in [0.2, 0.25) is 0 Å². The second kappa shape index (κ2) is 6.55. The number of benzene rings is 1. The van der Waals surface area contributed by atoms with Gasteiger partial charge in [0.05, 0.1) is 5.56 Å². The molecule has 0 bridgehead atoms. The van der Waals surface area contributed by atoms with E-state index in [1.165, 1.54) is 5.56 Å². The van der Waals surface area contributed by atoms with Crippen LogP contribution in [0.15, 0.2) is 40.8 Å². The number of nitrogens with two attached hydrogens (primary N) is 1. The van der Waals surface area contributed by atoms with Gasteiger partial charge in [0.15, 0.2) is 0 Å². The molecule has 0 spiro atoms. The molecular formula is C17H21ClN2O2. The van der Waals surface area contributed by atoms with E-state index in [0.717, 1.165) is 5.76 Å². The summed E-state index contributed by atoms with van der Waals surface area (Å²) in [6.45, 7) is 4.92. The Kier molecular flexibility index (Phi) is 4.94. The van der Waals surface area contributed by atoms with Gasteiger partial charge in [0.2, 0.25) is 0 Å². The van der Waals surface area contributed by atoms with E-state index < -0.39 is 0 Å². The topological polar surface area (TPSA) is 59.5 Å². The lowest BCUT2D eigenvalue weighted by Gasteiger charge is -2.16. The fourth-order valence-electron chi connectivity index (χ4n) is 3.06. The summed E-state index contributed by atoms with van der Waals surface area (Å²) >= 11 is 0. The Morgan fingerprint density at radius 3 is 2.50 bits per heavy atom. The average Bonchev–Trinajstić information content (AvgIpc) is 3.02. The smallest absolute Gasteiger partial charge is 0.257 e. The van der Waals surface area contributed by atoms with Crippen molar-refractivity contribution in [1.29, 1.82) is 0 Å². The Bertz CT molecular complexity index is 654. The van der Waals surface area contributed by atoms with Crippen molar-refractivity contribution < 1.29 is 9.21 Å². The molecule has 0 unspecified atom stereocenters. The molecule has 1 fully saturated rings. The Labute approximate surface area is 136 Å². The zero-order valence-corrected chi connectivity index (χ0v) is 13.6. The highest BCUT2D eigenvalue weighted by Crippen LogP contribution is 2.28. The van der Waals surface area contributed by atoms with E-state index in [2.05, 4.69) is 12.1 Å². The Balaban J connectivity index is 0.00000176. The van der Waals surface area contributed by atoms with Crippen LogP contribution in [-0.2, 0) is 0 Å². The molecular weight excluding hydrogens is 300 g/mol. The largest absolute Gasteiger partial charge is 0.466 e. The van der Waals surface area contributed by atoms with Gasteiger partial charge < -0.3 is 15.1 Å². The number of nitrogens with zero attached hydrogens (tertiary/aromatic N) is 1. The molecule has 0 saturated carbocycles. The summed E-state index contributed by atoms with van der Waals surface area (Å²) in [5.74, 6) is 1.65. The Morgan fingerprint density at radius 1 is 1.23 bits per heavy atom. The average molecular weight is 321 g/mol. The van der Waals surface area contributed by atoms with Crippen LogP contribution < -0.4 is 5.73 Å². The maximum absolute atomic E-state index is 12.6. The summed E-state index contributed by atoms with van der Waals surface area (Å²) in [6, 6.07) is 11.9. The number of hydrogen-bond donors (Lipinski definition) is 1. The van der Waals surface area contributed by atoms with Gasteiger partial charge >= 0.3 is 0 Å². The molecule has 2 N–H and O–H groups in total. The first-order valence-electron chi connectivity index (χ1n) is 7.23. The highest BCUT2D eigenvalue weighted by molar-refractivity contribution is 5.95. The molecule has 1 aromatic heterocycles. The summed E-state index contributed by atoms with van der Waals surface area (Å²) in [5.41, 5.74) is 8.08. The zero-order chi connectivity index (χ0) is 15.0. The van der Waals surface area contributed by atoms with Crippen molar-refractivity contribution in [2.45, 2.75) is 25.8 Å². The van der Waals surface area contributed by atoms with E-state index in [9.17, 15) is 4.79 Å². The first-order valence-corrected chi connectivity index (χ1v) is 7.23. The highest BCUT2D eigenvalue weighted by Gasteiger charge is 2.35. The van der Waals surface area contributed by atoms with Crippen LogP contribution in [0.5, 0.6) is 0 Å². The van der Waals surface area contributed by atoms with E-state index in [0.29, 0.717) is 24.4 Å². The number of halogens is 1. The maximum Gasteiger partial charge on any atom is 0.257 e. The molecule has 22 heavy (non-hydrogen) atoms. The number of carbonyl (C=O) groups is 1. The van der Waals surface area contributed by atoms with Crippen molar-refractivity contribution in [2.24, 2.45) is 5.73 Å². The maximum atomic E-state index is 12.6. The molecule has 4 nitrogen and oxygen atoms in total. The van der Waals surface area contributed by atoms with Gasteiger partial charge in [-0.25, -0.2) is 0 Å². The number of aryl methyl sites for hydroxylation is 2. The van der Waals surface area contributed by atoms with Crippen LogP contribution in [0.1, 0.15) is 33.4 Å². The minimum absolute atomic E-state index is 0. The molecule has 2 aromatic rings. The predicted octanol–water partition coefficient (Wildman–Crippen LogP) is 2.89. The summed E-state index contributed by atoms with van der Waals surface area (Å²) in [6.07, 6.45) is 0. The summed E-state index contributed by atoms with van der Waals surface area (Å²) < 4.78 is 5.45. The van der Waals surface area contributed by atoms with Crippen LogP contribution in [0, 0.1) is 13.8 Å². The molecule has 2 atom stereocenters. The van der Waals surface area contributed by atoms with Crippen LogP contribution in [0.4, 0.5) is 0 Å². The van der Waals surface area contributed by atoms with E-state index in [1.807, 2.05) is 36.9 Å². The van der Waals surface area contributed by atoms with Gasteiger partial charge in [0.1, 0.15) is 11.5 Å². The Hall–Kier alpha value is -1.78.